The van der Waals surface area contributed by atoms with Crippen molar-refractivity contribution in [3.05, 3.63) is 114 Å². The Hall–Kier alpha value is -8.19. The maximum atomic E-state index is 13.7. The topological polar surface area (TPSA) is 259 Å². The minimum absolute atomic E-state index is 0.0378. The Labute approximate surface area is 420 Å². The molecule has 0 bridgehead atoms. The first-order chi connectivity index (χ1) is 35.5. The van der Waals surface area contributed by atoms with Crippen LogP contribution in [0, 0.1) is 5.82 Å². The van der Waals surface area contributed by atoms with E-state index in [0.717, 1.165) is 48.6 Å². The molecule has 0 radical (unpaired) electrons. The van der Waals surface area contributed by atoms with Gasteiger partial charge in [-0.1, -0.05) is 29.5 Å². The van der Waals surface area contributed by atoms with Crippen molar-refractivity contribution in [3.8, 4) is 28.1 Å². The number of amides is 4. The van der Waals surface area contributed by atoms with Gasteiger partial charge in [0.15, 0.2) is 0 Å². The Morgan fingerprint density at radius 2 is 1.70 bits per heavy atom. The molecule has 74 heavy (non-hydrogen) atoms. The SMILES string of the molecule is CC(Oc1cc(-c2nn(C)c3c(-c4cnn(C5CCN(CCc6cn(CCNc7cccc8c7C(=O)N(C7CCC(=O)NC7=O)C8=O)nn6)CC5)c4)cnc(N)c23)ccc1NS(=O)(=O)C(F)F)c1ccc(F)cc1. The number of nitrogen functional groups attached to an aromatic ring is 1. The first-order valence-electron chi connectivity index (χ1n) is 23.7. The van der Waals surface area contributed by atoms with E-state index >= 15 is 0 Å². The second-order valence-electron chi connectivity index (χ2n) is 18.3. The molecule has 4 aromatic heterocycles. The number of likely N-dealkylation sites (tertiary alicyclic amines) is 1. The molecule has 4 amide bonds. The molecule has 0 aliphatic carbocycles. The summed E-state index contributed by atoms with van der Waals surface area (Å²) in [6.45, 7) is 4.89. The van der Waals surface area contributed by atoms with Crippen LogP contribution in [0.5, 0.6) is 5.75 Å². The predicted molar refractivity (Wildman–Crippen MR) is 264 cm³/mol. The van der Waals surface area contributed by atoms with Gasteiger partial charge >= 0.3 is 5.76 Å². The first-order valence-corrected chi connectivity index (χ1v) is 25.3. The standard InChI is InChI=1S/C49H49F3N14O7S/c1-27(28-6-9-31(50)10-7-28)73-39-22-29(8-11-36(39)60-74(71,72)49(51)52)43-42-44(62(2)59-43)35(24-55-45(42)53)30-23-56-65(25-30)33-15-19-63(20-16-33)18-14-32-26-64(61-58-32)21-17-54-37-5-3-4-34-41(37)48(70)66(47(34)69)38-12-13-40(67)57-46(38)68/h3-11,22-27,33,38,49,54,60H,12-21H2,1-2H3,(H2,53,55)(H,57,67,68). The number of alkyl halides is 2. The molecule has 5 N–H and O–H groups in total. The smallest absolute Gasteiger partial charge is 0.355 e. The van der Waals surface area contributed by atoms with Gasteiger partial charge in [-0.05, 0) is 68.1 Å². The van der Waals surface area contributed by atoms with Crippen LogP contribution in [0.1, 0.15) is 76.7 Å². The van der Waals surface area contributed by atoms with Crippen LogP contribution in [0.15, 0.2) is 85.5 Å². The molecule has 384 valence electrons. The lowest BCUT2D eigenvalue weighted by Gasteiger charge is -2.31. The number of nitrogens with two attached hydrogens (primary N) is 1. The molecule has 3 aliphatic heterocycles. The van der Waals surface area contributed by atoms with Crippen molar-refractivity contribution >= 4 is 61.7 Å². The van der Waals surface area contributed by atoms with Crippen molar-refractivity contribution < 1.29 is 45.5 Å². The molecule has 2 atom stereocenters. The van der Waals surface area contributed by atoms with Gasteiger partial charge in [0.2, 0.25) is 11.8 Å². The number of piperidine rings is 2. The number of rotatable bonds is 17. The number of nitrogens with one attached hydrogen (secondary N) is 3. The normalized spacial score (nSPS) is 17.1. The Kier molecular flexibility index (Phi) is 13.4. The first kappa shape index (κ1) is 49.4. The zero-order chi connectivity index (χ0) is 52.0. The molecule has 2 fully saturated rings. The number of aryl methyl sites for hydroxylation is 1. The number of carbonyl (C=O) groups excluding carboxylic acids is 4. The maximum Gasteiger partial charge on any atom is 0.355 e. The molecule has 7 heterocycles. The van der Waals surface area contributed by atoms with Crippen LogP contribution < -0.4 is 25.8 Å². The fourth-order valence-corrected chi connectivity index (χ4v) is 10.2. The second kappa shape index (κ2) is 20.0. The third kappa shape index (κ3) is 9.73. The summed E-state index contributed by atoms with van der Waals surface area (Å²) in [5.41, 5.74) is 11.4. The summed E-state index contributed by atoms with van der Waals surface area (Å²) in [5.74, 6) is -6.33. The summed E-state index contributed by atoms with van der Waals surface area (Å²) in [5, 5.41) is 24.1. The van der Waals surface area contributed by atoms with E-state index in [4.69, 9.17) is 20.7 Å². The van der Waals surface area contributed by atoms with Crippen LogP contribution in [-0.4, -0.2) is 119 Å². The van der Waals surface area contributed by atoms with Crippen molar-refractivity contribution in [2.45, 2.75) is 69.5 Å². The average Bonchev–Trinajstić information content (AvgIpc) is 4.19. The van der Waals surface area contributed by atoms with Crippen LogP contribution in [0.25, 0.3) is 33.3 Å². The number of sulfonamides is 1. The van der Waals surface area contributed by atoms with Crippen molar-refractivity contribution in [2.24, 2.45) is 7.05 Å². The Balaban J connectivity index is 0.760. The molecule has 0 spiro atoms. The van der Waals surface area contributed by atoms with E-state index < -0.39 is 57.4 Å². The van der Waals surface area contributed by atoms with Crippen molar-refractivity contribution in [1.29, 1.82) is 0 Å². The molecule has 2 saturated heterocycles. The van der Waals surface area contributed by atoms with Crippen LogP contribution in [0.2, 0.25) is 0 Å². The van der Waals surface area contributed by atoms with Crippen LogP contribution in [0.4, 0.5) is 30.4 Å². The number of halogens is 3. The highest BCUT2D eigenvalue weighted by Gasteiger charge is 2.45. The molecular formula is C49H49F3N14O7S. The molecule has 3 aliphatic rings. The number of pyridine rings is 1. The van der Waals surface area contributed by atoms with Gasteiger partial charge in [-0.25, -0.2) is 17.8 Å². The van der Waals surface area contributed by atoms with E-state index in [0.29, 0.717) is 58.5 Å². The van der Waals surface area contributed by atoms with Gasteiger partial charge in [0.25, 0.3) is 21.8 Å². The summed E-state index contributed by atoms with van der Waals surface area (Å²) in [6.07, 6.45) is 9.01. The molecule has 2 unspecified atom stereocenters. The molecule has 21 nitrogen and oxygen atoms in total. The van der Waals surface area contributed by atoms with Gasteiger partial charge in [-0.2, -0.15) is 19.0 Å². The van der Waals surface area contributed by atoms with Crippen LogP contribution in [0.3, 0.4) is 0 Å². The summed E-state index contributed by atoms with van der Waals surface area (Å²) in [6, 6.07) is 13.8. The van der Waals surface area contributed by atoms with Crippen LogP contribution >= 0.6 is 0 Å². The Bertz CT molecular complexity index is 3450. The zero-order valence-electron chi connectivity index (χ0n) is 39.9. The lowest BCUT2D eigenvalue weighted by Crippen LogP contribution is -2.54. The van der Waals surface area contributed by atoms with Gasteiger partial charge in [0.05, 0.1) is 52.2 Å². The molecule has 3 aromatic carbocycles. The zero-order valence-corrected chi connectivity index (χ0v) is 40.7. The second-order valence-corrected chi connectivity index (χ2v) is 19.9. The number of fused-ring (bicyclic) bond motifs is 2. The Morgan fingerprint density at radius 3 is 2.46 bits per heavy atom. The minimum Gasteiger partial charge on any atom is -0.484 e. The number of nitrogens with zero attached hydrogens (tertiary/aromatic N) is 10. The average molecular weight is 1040 g/mol. The summed E-state index contributed by atoms with van der Waals surface area (Å²) >= 11 is 0. The van der Waals surface area contributed by atoms with Gasteiger partial charge in [-0.15, -0.1) is 5.10 Å². The lowest BCUT2D eigenvalue weighted by molar-refractivity contribution is -0.136. The number of ether oxygens (including phenoxy) is 1. The highest BCUT2D eigenvalue weighted by molar-refractivity contribution is 7.93. The highest BCUT2D eigenvalue weighted by atomic mass is 32.2. The van der Waals surface area contributed by atoms with Crippen molar-refractivity contribution in [1.82, 2.24) is 54.7 Å². The molecule has 25 heteroatoms. The summed E-state index contributed by atoms with van der Waals surface area (Å²) < 4.78 is 78.6. The fourth-order valence-electron chi connectivity index (χ4n) is 9.68. The van der Waals surface area contributed by atoms with Gasteiger partial charge < -0.3 is 20.7 Å². The number of hydrogen-bond donors (Lipinski definition) is 4. The number of hydrogen-bond acceptors (Lipinski definition) is 15. The van der Waals surface area contributed by atoms with Crippen LogP contribution in [-0.2, 0) is 39.6 Å². The summed E-state index contributed by atoms with van der Waals surface area (Å²) in [4.78, 5) is 58.7. The third-order valence-electron chi connectivity index (χ3n) is 13.5. The van der Waals surface area contributed by atoms with E-state index in [1.54, 1.807) is 53.9 Å². The maximum absolute atomic E-state index is 13.7. The van der Waals surface area contributed by atoms with E-state index in [9.17, 15) is 40.8 Å². The third-order valence-corrected chi connectivity index (χ3v) is 14.5. The quantitative estimate of drug-likeness (QED) is 0.0843. The number of benzene rings is 3. The lowest BCUT2D eigenvalue weighted by atomic mass is 10.0. The number of imide groups is 2. The number of carbonyl (C=O) groups is 4. The van der Waals surface area contributed by atoms with Crippen molar-refractivity contribution in [3.63, 3.8) is 0 Å². The fraction of sp³-hybridized carbons (Fsp3) is 0.327. The van der Waals surface area contributed by atoms with E-state index in [2.05, 4.69) is 30.8 Å². The number of aromatic nitrogens is 8. The van der Waals surface area contributed by atoms with E-state index in [1.807, 2.05) is 21.8 Å². The monoisotopic (exact) mass is 1030 g/mol. The van der Waals surface area contributed by atoms with Gasteiger partial charge in [-0.3, -0.25) is 48.2 Å². The highest BCUT2D eigenvalue weighted by Crippen LogP contribution is 2.41. The van der Waals surface area contributed by atoms with Gasteiger partial charge in [0.1, 0.15) is 35.2 Å². The molecule has 10 rings (SSSR count). The minimum atomic E-state index is -5.07. The largest absolute Gasteiger partial charge is 0.484 e. The van der Waals surface area contributed by atoms with E-state index in [-0.39, 0.29) is 47.3 Å². The predicted octanol–water partition coefficient (Wildman–Crippen LogP) is 5.31. The van der Waals surface area contributed by atoms with E-state index in [1.165, 1.54) is 42.5 Å². The molecule has 7 aromatic rings. The summed E-state index contributed by atoms with van der Waals surface area (Å²) in [7, 11) is -3.32. The Morgan fingerprint density at radius 1 is 0.919 bits per heavy atom. The molecule has 0 saturated carbocycles. The number of anilines is 3. The molecular weight excluding hydrogens is 986 g/mol. The van der Waals surface area contributed by atoms with Crippen molar-refractivity contribution in [2.75, 3.05) is 42.0 Å². The van der Waals surface area contributed by atoms with Gasteiger partial charge in [0, 0.05) is 87.0 Å².